The summed E-state index contributed by atoms with van der Waals surface area (Å²) >= 11 is 1.96. The number of nitrogens with one attached hydrogen (secondary N) is 1. The molecule has 1 rings (SSSR count). The Morgan fingerprint density at radius 3 is 2.71 bits per heavy atom. The smallest absolute Gasteiger partial charge is 0.0158 e. The molecule has 0 aromatic rings. The summed E-state index contributed by atoms with van der Waals surface area (Å²) in [6.45, 7) is 4.63. The van der Waals surface area contributed by atoms with Gasteiger partial charge in [-0.15, -0.1) is 0 Å². The monoisotopic (exact) mass is 215 g/mol. The second-order valence-electron chi connectivity index (χ2n) is 4.43. The summed E-state index contributed by atoms with van der Waals surface area (Å²) in [5, 5.41) is 3.85. The Balaban J connectivity index is 2.32. The van der Waals surface area contributed by atoms with Crippen LogP contribution in [0.25, 0.3) is 0 Å². The Labute approximate surface area is 93.4 Å². The van der Waals surface area contributed by atoms with Gasteiger partial charge in [0, 0.05) is 17.8 Å². The first-order valence-electron chi connectivity index (χ1n) is 6.06. The molecular weight excluding hydrogens is 190 g/mol. The summed E-state index contributed by atoms with van der Waals surface area (Å²) in [5.41, 5.74) is 0. The summed E-state index contributed by atoms with van der Waals surface area (Å²) in [5.74, 6) is 2.22. The first-order chi connectivity index (χ1) is 6.81. The van der Waals surface area contributed by atoms with Gasteiger partial charge in [-0.3, -0.25) is 0 Å². The van der Waals surface area contributed by atoms with Crippen molar-refractivity contribution < 1.29 is 0 Å². The maximum atomic E-state index is 3.85. The maximum Gasteiger partial charge on any atom is 0.0158 e. The largest absolute Gasteiger partial charge is 0.310 e. The average Bonchev–Trinajstić information content (AvgIpc) is 2.64. The van der Waals surface area contributed by atoms with Crippen LogP contribution in [-0.4, -0.2) is 24.1 Å². The SMILES string of the molecule is CCC(CSC)NC1CCCC1CC. The van der Waals surface area contributed by atoms with Gasteiger partial charge in [0.1, 0.15) is 0 Å². The van der Waals surface area contributed by atoms with E-state index in [-0.39, 0.29) is 0 Å². The summed E-state index contributed by atoms with van der Waals surface area (Å²) < 4.78 is 0. The fraction of sp³-hybridized carbons (Fsp3) is 1.00. The molecule has 3 unspecified atom stereocenters. The molecular formula is C12H25NS. The van der Waals surface area contributed by atoms with Crippen molar-refractivity contribution in [3.63, 3.8) is 0 Å². The third kappa shape index (κ3) is 3.47. The highest BCUT2D eigenvalue weighted by Crippen LogP contribution is 2.28. The van der Waals surface area contributed by atoms with E-state index in [9.17, 15) is 0 Å². The van der Waals surface area contributed by atoms with E-state index in [0.717, 1.165) is 18.0 Å². The second kappa shape index (κ2) is 6.73. The van der Waals surface area contributed by atoms with E-state index in [0.29, 0.717) is 0 Å². The molecule has 0 amide bonds. The van der Waals surface area contributed by atoms with Crippen molar-refractivity contribution in [3.05, 3.63) is 0 Å². The summed E-state index contributed by atoms with van der Waals surface area (Å²) in [7, 11) is 0. The molecule has 0 aromatic carbocycles. The van der Waals surface area contributed by atoms with Gasteiger partial charge in [0.2, 0.25) is 0 Å². The van der Waals surface area contributed by atoms with Crippen molar-refractivity contribution in [1.82, 2.24) is 5.32 Å². The van der Waals surface area contributed by atoms with Gasteiger partial charge in [-0.1, -0.05) is 26.7 Å². The van der Waals surface area contributed by atoms with Crippen LogP contribution < -0.4 is 5.32 Å². The van der Waals surface area contributed by atoms with Gasteiger partial charge in [-0.2, -0.15) is 11.8 Å². The topological polar surface area (TPSA) is 12.0 Å². The van der Waals surface area contributed by atoms with Crippen molar-refractivity contribution in [2.24, 2.45) is 5.92 Å². The minimum Gasteiger partial charge on any atom is -0.310 e. The van der Waals surface area contributed by atoms with Gasteiger partial charge in [0.15, 0.2) is 0 Å². The quantitative estimate of drug-likeness (QED) is 0.729. The zero-order chi connectivity index (χ0) is 10.4. The molecule has 0 bridgehead atoms. The zero-order valence-electron chi connectivity index (χ0n) is 9.88. The van der Waals surface area contributed by atoms with Gasteiger partial charge >= 0.3 is 0 Å². The summed E-state index contributed by atoms with van der Waals surface area (Å²) in [4.78, 5) is 0. The van der Waals surface area contributed by atoms with Crippen molar-refractivity contribution in [3.8, 4) is 0 Å². The van der Waals surface area contributed by atoms with Crippen molar-refractivity contribution in [1.29, 1.82) is 0 Å². The van der Waals surface area contributed by atoms with E-state index in [1.807, 2.05) is 11.8 Å². The first kappa shape index (κ1) is 12.4. The van der Waals surface area contributed by atoms with E-state index in [1.165, 1.54) is 37.9 Å². The Morgan fingerprint density at radius 2 is 2.14 bits per heavy atom. The van der Waals surface area contributed by atoms with Crippen LogP contribution in [0.1, 0.15) is 46.0 Å². The van der Waals surface area contributed by atoms with E-state index >= 15 is 0 Å². The van der Waals surface area contributed by atoms with Gasteiger partial charge in [0.05, 0.1) is 0 Å². The van der Waals surface area contributed by atoms with Crippen molar-refractivity contribution in [2.75, 3.05) is 12.0 Å². The Bertz CT molecular complexity index is 149. The highest BCUT2D eigenvalue weighted by atomic mass is 32.2. The number of thioether (sulfide) groups is 1. The number of rotatable bonds is 6. The molecule has 2 heteroatoms. The minimum absolute atomic E-state index is 0.738. The molecule has 0 aliphatic heterocycles. The van der Waals surface area contributed by atoms with Gasteiger partial charge in [-0.25, -0.2) is 0 Å². The van der Waals surface area contributed by atoms with Crippen LogP contribution in [-0.2, 0) is 0 Å². The minimum atomic E-state index is 0.738. The summed E-state index contributed by atoms with van der Waals surface area (Å²) in [6.07, 6.45) is 9.12. The molecule has 0 aromatic heterocycles. The Kier molecular flexibility index (Phi) is 5.95. The van der Waals surface area contributed by atoms with Crippen molar-refractivity contribution >= 4 is 11.8 Å². The number of hydrogen-bond acceptors (Lipinski definition) is 2. The molecule has 1 N–H and O–H groups in total. The van der Waals surface area contributed by atoms with Gasteiger partial charge in [-0.05, 0) is 31.4 Å². The molecule has 1 saturated carbocycles. The average molecular weight is 215 g/mol. The highest BCUT2D eigenvalue weighted by molar-refractivity contribution is 7.98. The van der Waals surface area contributed by atoms with Crippen LogP contribution in [0.4, 0.5) is 0 Å². The van der Waals surface area contributed by atoms with Crippen LogP contribution in [0.3, 0.4) is 0 Å². The third-order valence-corrected chi connectivity index (χ3v) is 4.23. The molecule has 14 heavy (non-hydrogen) atoms. The van der Waals surface area contributed by atoms with E-state index in [4.69, 9.17) is 0 Å². The Hall–Kier alpha value is 0.310. The normalized spacial score (nSPS) is 29.4. The lowest BCUT2D eigenvalue weighted by Gasteiger charge is -2.25. The third-order valence-electron chi connectivity index (χ3n) is 3.49. The molecule has 1 aliphatic carbocycles. The van der Waals surface area contributed by atoms with Crippen LogP contribution in [0, 0.1) is 5.92 Å². The molecule has 1 aliphatic rings. The number of hydrogen-bond donors (Lipinski definition) is 1. The second-order valence-corrected chi connectivity index (χ2v) is 5.34. The van der Waals surface area contributed by atoms with Crippen LogP contribution in [0.2, 0.25) is 0 Å². The van der Waals surface area contributed by atoms with Crippen LogP contribution >= 0.6 is 11.8 Å². The van der Waals surface area contributed by atoms with Crippen molar-refractivity contribution in [2.45, 2.75) is 58.0 Å². The highest BCUT2D eigenvalue weighted by Gasteiger charge is 2.26. The van der Waals surface area contributed by atoms with E-state index in [2.05, 4.69) is 25.4 Å². The van der Waals surface area contributed by atoms with E-state index in [1.54, 1.807) is 0 Å². The molecule has 0 saturated heterocycles. The van der Waals surface area contributed by atoms with Crippen LogP contribution in [0.15, 0.2) is 0 Å². The molecule has 1 fully saturated rings. The molecule has 84 valence electrons. The summed E-state index contributed by atoms with van der Waals surface area (Å²) in [6, 6.07) is 1.55. The van der Waals surface area contributed by atoms with Crippen LogP contribution in [0.5, 0.6) is 0 Å². The Morgan fingerprint density at radius 1 is 1.36 bits per heavy atom. The first-order valence-corrected chi connectivity index (χ1v) is 7.46. The standard InChI is InChI=1S/C12H25NS/c1-4-10-7-6-8-12(10)13-11(5-2)9-14-3/h10-13H,4-9H2,1-3H3. The lowest BCUT2D eigenvalue weighted by Crippen LogP contribution is -2.41. The molecule has 1 nitrogen and oxygen atoms in total. The maximum absolute atomic E-state index is 3.85. The van der Waals surface area contributed by atoms with Gasteiger partial charge in [0.25, 0.3) is 0 Å². The van der Waals surface area contributed by atoms with Gasteiger partial charge < -0.3 is 5.32 Å². The molecule has 0 spiro atoms. The predicted octanol–water partition coefficient (Wildman–Crippen LogP) is 3.30. The lowest BCUT2D eigenvalue weighted by molar-refractivity contribution is 0.355. The predicted molar refractivity (Wildman–Crippen MR) is 67.0 cm³/mol. The fourth-order valence-corrected chi connectivity index (χ4v) is 3.27. The van der Waals surface area contributed by atoms with E-state index < -0.39 is 0 Å². The molecule has 0 heterocycles. The molecule has 3 atom stereocenters. The fourth-order valence-electron chi connectivity index (χ4n) is 2.53. The molecule has 0 radical (unpaired) electrons. The zero-order valence-corrected chi connectivity index (χ0v) is 10.7. The lowest BCUT2D eigenvalue weighted by atomic mass is 10.00.